The van der Waals surface area contributed by atoms with Gasteiger partial charge in [-0.3, -0.25) is 19.2 Å². The Morgan fingerprint density at radius 1 is 0.933 bits per heavy atom. The Balaban J connectivity index is 2.61. The number of anilines is 1. The summed E-state index contributed by atoms with van der Waals surface area (Å²) < 4.78 is 5.41. The number of carbonyl (C=O) groups is 4. The normalized spacial score (nSPS) is 12.8. The molecule has 3 amide bonds. The monoisotopic (exact) mass is 531 g/mol. The molecule has 0 heterocycles. The van der Waals surface area contributed by atoms with Crippen LogP contribution < -0.4 is 16.0 Å². The molecule has 8 nitrogen and oxygen atoms in total. The van der Waals surface area contributed by atoms with Crippen LogP contribution in [0.4, 0.5) is 5.69 Å². The van der Waals surface area contributed by atoms with Gasteiger partial charge in [0.05, 0.1) is 10.3 Å². The van der Waals surface area contributed by atoms with Crippen molar-refractivity contribution in [2.45, 2.75) is 53.3 Å². The van der Waals surface area contributed by atoms with Crippen molar-refractivity contribution in [2.24, 2.45) is 11.8 Å². The number of carbonyl (C=O) groups excluding carboxylic acids is 4. The van der Waals surface area contributed by atoms with Crippen LogP contribution in [0.3, 0.4) is 0 Å². The lowest BCUT2D eigenvalue weighted by molar-refractivity contribution is -0.148. The summed E-state index contributed by atoms with van der Waals surface area (Å²) in [4.78, 5) is 48.0. The predicted molar refractivity (Wildman–Crippen MR) is 123 cm³/mol. The first-order valence-corrected chi connectivity index (χ1v) is 11.3. The molecule has 1 rings (SSSR count). The summed E-state index contributed by atoms with van der Waals surface area (Å²) >= 11 is 1.92. The van der Waals surface area contributed by atoms with Crippen LogP contribution in [-0.4, -0.2) is 40.2 Å². The van der Waals surface area contributed by atoms with Crippen LogP contribution in [0.15, 0.2) is 24.3 Å². The Kier molecular flexibility index (Phi) is 10.8. The van der Waals surface area contributed by atoms with Crippen molar-refractivity contribution in [3.8, 4) is 0 Å². The molecule has 0 saturated heterocycles. The average molecular weight is 531 g/mol. The summed E-state index contributed by atoms with van der Waals surface area (Å²) in [6.07, 6.45) is 0. The Labute approximate surface area is 191 Å². The summed E-state index contributed by atoms with van der Waals surface area (Å²) in [5.41, 5.74) is 1.35. The van der Waals surface area contributed by atoms with Crippen LogP contribution in [0.25, 0.3) is 0 Å². The average Bonchev–Trinajstić information content (AvgIpc) is 2.70. The maximum absolute atomic E-state index is 12.5. The van der Waals surface area contributed by atoms with E-state index in [2.05, 4.69) is 16.0 Å². The molecule has 1 aromatic carbocycles. The lowest BCUT2D eigenvalue weighted by Crippen LogP contribution is -2.53. The highest BCUT2D eigenvalue weighted by atomic mass is 127. The van der Waals surface area contributed by atoms with Gasteiger partial charge in [0.2, 0.25) is 17.7 Å². The van der Waals surface area contributed by atoms with Crippen LogP contribution in [0.5, 0.6) is 0 Å². The number of hydrogen-bond donors (Lipinski definition) is 3. The van der Waals surface area contributed by atoms with E-state index in [4.69, 9.17) is 4.74 Å². The van der Waals surface area contributed by atoms with Crippen molar-refractivity contribution in [3.05, 3.63) is 29.8 Å². The molecule has 0 fully saturated rings. The number of benzene rings is 1. The fourth-order valence-electron chi connectivity index (χ4n) is 2.37. The predicted octanol–water partition coefficient (Wildman–Crippen LogP) is 2.40. The van der Waals surface area contributed by atoms with Gasteiger partial charge in [0.1, 0.15) is 18.7 Å². The van der Waals surface area contributed by atoms with Gasteiger partial charge in [-0.15, -0.1) is 0 Å². The van der Waals surface area contributed by atoms with Crippen LogP contribution in [0.1, 0.15) is 40.2 Å². The van der Waals surface area contributed by atoms with E-state index in [0.29, 0.717) is 5.69 Å². The number of esters is 1. The lowest BCUT2D eigenvalue weighted by atomic mass is 10.0. The summed E-state index contributed by atoms with van der Waals surface area (Å²) in [6, 6.07) is 5.39. The molecule has 0 saturated carbocycles. The van der Waals surface area contributed by atoms with Gasteiger partial charge in [0, 0.05) is 5.69 Å². The molecule has 1 aromatic rings. The molecular formula is C21H30IN3O5. The molecule has 30 heavy (non-hydrogen) atoms. The standard InChI is InChI=1S/C21H30IN3O5/c1-12(2)18(25-17(26)10-22)20(28)23-14(5)19(27)24-16-8-6-15(7-9-16)11-30-21(29)13(3)4/h6-9,12-14,18H,10-11H2,1-5H3,(H,23,28)(H,24,27)(H,25,26)/t14-,18-/m0/s1. The number of amides is 3. The zero-order valence-electron chi connectivity index (χ0n) is 18.0. The second-order valence-electron chi connectivity index (χ2n) is 7.60. The van der Waals surface area contributed by atoms with E-state index >= 15 is 0 Å². The first kappa shape index (κ1) is 25.9. The third-order valence-electron chi connectivity index (χ3n) is 4.21. The Morgan fingerprint density at radius 3 is 2.03 bits per heavy atom. The smallest absolute Gasteiger partial charge is 0.308 e. The van der Waals surface area contributed by atoms with Crippen LogP contribution in [-0.2, 0) is 30.5 Å². The van der Waals surface area contributed by atoms with Gasteiger partial charge >= 0.3 is 5.97 Å². The van der Waals surface area contributed by atoms with Crippen LogP contribution in [0.2, 0.25) is 0 Å². The molecule has 0 unspecified atom stereocenters. The lowest BCUT2D eigenvalue weighted by Gasteiger charge is -2.23. The molecule has 166 valence electrons. The van der Waals surface area contributed by atoms with E-state index < -0.39 is 18.0 Å². The van der Waals surface area contributed by atoms with Gasteiger partial charge in [0.15, 0.2) is 0 Å². The molecule has 0 aliphatic heterocycles. The van der Waals surface area contributed by atoms with Crippen molar-refractivity contribution >= 4 is 52.0 Å². The Morgan fingerprint density at radius 2 is 1.53 bits per heavy atom. The van der Waals surface area contributed by atoms with Gasteiger partial charge in [-0.25, -0.2) is 0 Å². The second kappa shape index (κ2) is 12.5. The molecule has 0 aromatic heterocycles. The molecule has 0 spiro atoms. The first-order valence-electron chi connectivity index (χ1n) is 9.77. The van der Waals surface area contributed by atoms with E-state index in [-0.39, 0.29) is 40.7 Å². The molecule has 2 atom stereocenters. The zero-order valence-corrected chi connectivity index (χ0v) is 20.1. The summed E-state index contributed by atoms with van der Waals surface area (Å²) in [5.74, 6) is -1.61. The number of alkyl halides is 1. The van der Waals surface area contributed by atoms with E-state index in [1.807, 2.05) is 36.4 Å². The minimum Gasteiger partial charge on any atom is -0.461 e. The van der Waals surface area contributed by atoms with Crippen LogP contribution in [0, 0.1) is 11.8 Å². The molecule has 0 aliphatic rings. The molecule has 0 radical (unpaired) electrons. The fourth-order valence-corrected chi connectivity index (χ4v) is 2.59. The van der Waals surface area contributed by atoms with E-state index in [1.54, 1.807) is 45.0 Å². The highest BCUT2D eigenvalue weighted by molar-refractivity contribution is 14.1. The topological polar surface area (TPSA) is 114 Å². The summed E-state index contributed by atoms with van der Waals surface area (Å²) in [6.45, 7) is 8.91. The highest BCUT2D eigenvalue weighted by Crippen LogP contribution is 2.12. The summed E-state index contributed by atoms with van der Waals surface area (Å²) in [7, 11) is 0. The van der Waals surface area contributed by atoms with Crippen molar-refractivity contribution in [1.29, 1.82) is 0 Å². The first-order chi connectivity index (χ1) is 14.0. The maximum Gasteiger partial charge on any atom is 0.308 e. The SMILES string of the molecule is CC(C)C(=O)OCc1ccc(NC(=O)[C@H](C)NC(=O)[C@@H](NC(=O)CI)C(C)C)cc1. The number of nitrogens with one attached hydrogen (secondary N) is 3. The molecule has 3 N–H and O–H groups in total. The van der Waals surface area contributed by atoms with Gasteiger partial charge in [-0.1, -0.05) is 62.4 Å². The molecule has 0 aliphatic carbocycles. The zero-order chi connectivity index (χ0) is 22.8. The minimum absolute atomic E-state index is 0.121. The Hall–Kier alpha value is -2.17. The van der Waals surface area contributed by atoms with Crippen molar-refractivity contribution in [2.75, 3.05) is 9.74 Å². The number of hydrogen-bond acceptors (Lipinski definition) is 5. The number of rotatable bonds is 10. The van der Waals surface area contributed by atoms with E-state index in [9.17, 15) is 19.2 Å². The van der Waals surface area contributed by atoms with Crippen molar-refractivity contribution in [3.63, 3.8) is 0 Å². The highest BCUT2D eigenvalue weighted by Gasteiger charge is 2.26. The second-order valence-corrected chi connectivity index (χ2v) is 8.36. The molecule has 9 heteroatoms. The van der Waals surface area contributed by atoms with Gasteiger partial charge < -0.3 is 20.7 Å². The van der Waals surface area contributed by atoms with Gasteiger partial charge in [-0.2, -0.15) is 0 Å². The fraction of sp³-hybridized carbons (Fsp3) is 0.524. The van der Waals surface area contributed by atoms with E-state index in [0.717, 1.165) is 5.56 Å². The maximum atomic E-state index is 12.5. The van der Waals surface area contributed by atoms with Crippen molar-refractivity contribution in [1.82, 2.24) is 10.6 Å². The minimum atomic E-state index is -0.790. The number of halogens is 1. The third kappa shape index (κ3) is 8.68. The Bertz CT molecular complexity index is 750. The third-order valence-corrected chi connectivity index (χ3v) is 4.91. The molecular weight excluding hydrogens is 501 g/mol. The van der Waals surface area contributed by atoms with Gasteiger partial charge in [-0.05, 0) is 30.5 Å². The number of ether oxygens (including phenoxy) is 1. The van der Waals surface area contributed by atoms with Crippen LogP contribution >= 0.6 is 22.6 Å². The summed E-state index contributed by atoms with van der Waals surface area (Å²) in [5, 5.41) is 8.03. The quantitative estimate of drug-likeness (QED) is 0.244. The largest absolute Gasteiger partial charge is 0.461 e. The van der Waals surface area contributed by atoms with Crippen molar-refractivity contribution < 1.29 is 23.9 Å². The van der Waals surface area contributed by atoms with Gasteiger partial charge in [0.25, 0.3) is 0 Å². The molecule has 0 bridgehead atoms. The van der Waals surface area contributed by atoms with E-state index in [1.165, 1.54) is 0 Å².